The molecule has 0 bridgehead atoms. The van der Waals surface area contributed by atoms with Gasteiger partial charge in [-0.05, 0) is 67.9 Å². The smallest absolute Gasteiger partial charge is 0.259 e. The highest BCUT2D eigenvalue weighted by Crippen LogP contribution is 2.29. The first-order valence-electron chi connectivity index (χ1n) is 11.3. The molecule has 8 heteroatoms. The van der Waals surface area contributed by atoms with Gasteiger partial charge in [0.15, 0.2) is 6.61 Å². The molecule has 0 fully saturated rings. The highest BCUT2D eigenvalue weighted by molar-refractivity contribution is 6.08. The summed E-state index contributed by atoms with van der Waals surface area (Å²) in [5.41, 5.74) is 2.61. The maximum absolute atomic E-state index is 13.2. The second-order valence-corrected chi connectivity index (χ2v) is 8.01. The average Bonchev–Trinajstić information content (AvgIpc) is 3.18. The summed E-state index contributed by atoms with van der Waals surface area (Å²) in [6.45, 7) is 6.24. The quantitative estimate of drug-likeness (QED) is 0.362. The van der Waals surface area contributed by atoms with Gasteiger partial charge in [-0.1, -0.05) is 29.4 Å². The first kappa shape index (κ1) is 23.8. The van der Waals surface area contributed by atoms with Crippen molar-refractivity contribution in [3.05, 3.63) is 83.2 Å². The van der Waals surface area contributed by atoms with Gasteiger partial charge in [0.25, 0.3) is 11.8 Å². The van der Waals surface area contributed by atoms with Gasteiger partial charge in [-0.15, -0.1) is 0 Å². The summed E-state index contributed by atoms with van der Waals surface area (Å²) in [5, 5.41) is 11.4. The lowest BCUT2D eigenvalue weighted by molar-refractivity contribution is -0.122. The van der Waals surface area contributed by atoms with Crippen molar-refractivity contribution in [3.8, 4) is 11.5 Å². The number of aryl methyl sites for hydroxylation is 2. The van der Waals surface area contributed by atoms with Crippen LogP contribution in [0.1, 0.15) is 34.3 Å². The molecule has 1 heterocycles. The van der Waals surface area contributed by atoms with Gasteiger partial charge < -0.3 is 24.6 Å². The second kappa shape index (κ2) is 10.7. The Balaban J connectivity index is 1.52. The van der Waals surface area contributed by atoms with Crippen LogP contribution in [0.5, 0.6) is 11.5 Å². The molecule has 4 aromatic rings. The van der Waals surface area contributed by atoms with E-state index in [1.165, 1.54) is 0 Å². The minimum absolute atomic E-state index is 0.0670. The zero-order valence-corrected chi connectivity index (χ0v) is 19.9. The summed E-state index contributed by atoms with van der Waals surface area (Å²) in [6, 6.07) is 18.3. The summed E-state index contributed by atoms with van der Waals surface area (Å²) in [4.78, 5) is 24.8. The molecule has 0 aliphatic rings. The van der Waals surface area contributed by atoms with Crippen molar-refractivity contribution in [1.29, 1.82) is 0 Å². The Bertz CT molecular complexity index is 1330. The fourth-order valence-corrected chi connectivity index (χ4v) is 3.60. The largest absolute Gasteiger partial charge is 0.488 e. The van der Waals surface area contributed by atoms with E-state index in [4.69, 9.17) is 14.0 Å². The molecule has 0 aliphatic heterocycles. The fraction of sp³-hybridized carbons (Fsp3) is 0.222. The highest BCUT2D eigenvalue weighted by atomic mass is 16.5. The number of carbonyl (C=O) groups is 2. The Morgan fingerprint density at radius 2 is 1.69 bits per heavy atom. The lowest BCUT2D eigenvalue weighted by Crippen LogP contribution is -2.28. The van der Waals surface area contributed by atoms with E-state index < -0.39 is 0 Å². The van der Waals surface area contributed by atoms with E-state index in [2.05, 4.69) is 15.8 Å². The van der Waals surface area contributed by atoms with Gasteiger partial charge in [0.05, 0.1) is 16.8 Å². The van der Waals surface area contributed by atoms with Crippen molar-refractivity contribution < 1.29 is 23.6 Å². The Labute approximate surface area is 203 Å². The van der Waals surface area contributed by atoms with E-state index in [0.717, 1.165) is 22.0 Å². The third-order valence-electron chi connectivity index (χ3n) is 5.50. The number of nitrogens with one attached hydrogen (secondary N) is 2. The Hall–Kier alpha value is -4.33. The third-order valence-corrected chi connectivity index (χ3v) is 5.50. The second-order valence-electron chi connectivity index (χ2n) is 8.01. The van der Waals surface area contributed by atoms with Crippen LogP contribution in [-0.2, 0) is 11.4 Å². The third kappa shape index (κ3) is 5.78. The average molecular weight is 474 g/mol. The molecule has 1 aromatic heterocycles. The van der Waals surface area contributed by atoms with E-state index >= 15 is 0 Å². The number of anilines is 1. The summed E-state index contributed by atoms with van der Waals surface area (Å²) < 4.78 is 16.8. The number of ether oxygens (including phenoxy) is 2. The van der Waals surface area contributed by atoms with Gasteiger partial charge in [0.2, 0.25) is 0 Å². The van der Waals surface area contributed by atoms with Crippen LogP contribution in [0.4, 0.5) is 5.69 Å². The van der Waals surface area contributed by atoms with Crippen LogP contribution in [0, 0.1) is 13.8 Å². The predicted octanol–water partition coefficient (Wildman–Crippen LogP) is 4.79. The molecule has 0 saturated heterocycles. The van der Waals surface area contributed by atoms with Crippen molar-refractivity contribution in [3.63, 3.8) is 0 Å². The minimum Gasteiger partial charge on any atom is -0.488 e. The SMILES string of the molecule is CCNC(=O)COc1ccc(NC(=O)c2cc3ccccc3cc2OCc2c(C)noc2C)cc1. The molecule has 0 spiro atoms. The molecule has 0 saturated carbocycles. The number of fused-ring (bicyclic) bond motifs is 1. The zero-order valence-electron chi connectivity index (χ0n) is 19.9. The molecular formula is C27H27N3O5. The number of likely N-dealkylation sites (N-methyl/N-ethyl adjacent to an activating group) is 1. The first-order chi connectivity index (χ1) is 16.9. The fourth-order valence-electron chi connectivity index (χ4n) is 3.60. The number of amides is 2. The molecule has 2 N–H and O–H groups in total. The van der Waals surface area contributed by atoms with Crippen molar-refractivity contribution in [2.45, 2.75) is 27.4 Å². The van der Waals surface area contributed by atoms with E-state index in [-0.39, 0.29) is 25.0 Å². The molecule has 4 rings (SSSR count). The molecule has 0 aliphatic carbocycles. The zero-order chi connectivity index (χ0) is 24.8. The Morgan fingerprint density at radius 1 is 0.971 bits per heavy atom. The predicted molar refractivity (Wildman–Crippen MR) is 133 cm³/mol. The van der Waals surface area contributed by atoms with Gasteiger partial charge in [0, 0.05) is 12.2 Å². The van der Waals surface area contributed by atoms with E-state index in [1.54, 1.807) is 24.3 Å². The monoisotopic (exact) mass is 473 g/mol. The normalized spacial score (nSPS) is 10.7. The topological polar surface area (TPSA) is 103 Å². The maximum atomic E-state index is 13.2. The van der Waals surface area contributed by atoms with E-state index in [9.17, 15) is 9.59 Å². The van der Waals surface area contributed by atoms with E-state index in [1.807, 2.05) is 57.2 Å². The number of hydrogen-bond donors (Lipinski definition) is 2. The van der Waals surface area contributed by atoms with Crippen LogP contribution in [0.3, 0.4) is 0 Å². The van der Waals surface area contributed by atoms with Gasteiger partial charge in [0.1, 0.15) is 23.9 Å². The van der Waals surface area contributed by atoms with Gasteiger partial charge >= 0.3 is 0 Å². The maximum Gasteiger partial charge on any atom is 0.259 e. The van der Waals surface area contributed by atoms with Crippen LogP contribution < -0.4 is 20.1 Å². The molecule has 3 aromatic carbocycles. The Morgan fingerprint density at radius 3 is 2.34 bits per heavy atom. The van der Waals surface area contributed by atoms with E-state index in [0.29, 0.717) is 35.1 Å². The van der Waals surface area contributed by atoms with Crippen LogP contribution in [0.2, 0.25) is 0 Å². The molecule has 2 amide bonds. The number of rotatable bonds is 9. The lowest BCUT2D eigenvalue weighted by Gasteiger charge is -2.14. The summed E-state index contributed by atoms with van der Waals surface area (Å²) in [6.07, 6.45) is 0. The molecule has 0 atom stereocenters. The Kier molecular flexibility index (Phi) is 7.30. The molecule has 8 nitrogen and oxygen atoms in total. The highest BCUT2D eigenvalue weighted by Gasteiger charge is 2.17. The van der Waals surface area contributed by atoms with Crippen molar-refractivity contribution >= 4 is 28.3 Å². The molecule has 0 radical (unpaired) electrons. The van der Waals surface area contributed by atoms with Gasteiger partial charge in [-0.25, -0.2) is 0 Å². The number of benzene rings is 3. The molecule has 35 heavy (non-hydrogen) atoms. The van der Waals surface area contributed by atoms with Crippen molar-refractivity contribution in [1.82, 2.24) is 10.5 Å². The minimum atomic E-state index is -0.305. The number of hydrogen-bond acceptors (Lipinski definition) is 6. The molecular weight excluding hydrogens is 446 g/mol. The number of nitrogens with zero attached hydrogens (tertiary/aromatic N) is 1. The summed E-state index contributed by atoms with van der Waals surface area (Å²) in [7, 11) is 0. The van der Waals surface area contributed by atoms with Crippen molar-refractivity contribution in [2.75, 3.05) is 18.5 Å². The van der Waals surface area contributed by atoms with Crippen LogP contribution in [0.25, 0.3) is 10.8 Å². The van der Waals surface area contributed by atoms with Crippen LogP contribution in [-0.4, -0.2) is 30.1 Å². The molecule has 0 unspecified atom stereocenters. The number of carbonyl (C=O) groups excluding carboxylic acids is 2. The number of aromatic nitrogens is 1. The van der Waals surface area contributed by atoms with Crippen molar-refractivity contribution in [2.24, 2.45) is 0 Å². The standard InChI is InChI=1S/C27H27N3O5/c1-4-28-26(31)16-33-22-11-9-21(10-12-22)29-27(32)23-13-19-7-5-6-8-20(19)14-25(23)34-15-24-17(2)30-35-18(24)3/h5-14H,4,15-16H2,1-3H3,(H,28,31)(H,29,32). The van der Waals surface area contributed by atoms with Gasteiger partial charge in [-0.3, -0.25) is 9.59 Å². The lowest BCUT2D eigenvalue weighted by atomic mass is 10.0. The van der Waals surface area contributed by atoms with Crippen LogP contribution in [0.15, 0.2) is 65.2 Å². The summed E-state index contributed by atoms with van der Waals surface area (Å²) in [5.74, 6) is 1.18. The van der Waals surface area contributed by atoms with Gasteiger partial charge in [-0.2, -0.15) is 0 Å². The molecule has 180 valence electrons. The first-order valence-corrected chi connectivity index (χ1v) is 11.3. The summed E-state index contributed by atoms with van der Waals surface area (Å²) >= 11 is 0. The van der Waals surface area contributed by atoms with Crippen LogP contribution >= 0.6 is 0 Å².